The molecule has 4 rings (SSSR count). The van der Waals surface area contributed by atoms with Gasteiger partial charge in [-0.05, 0) is 37.9 Å². The fraction of sp³-hybridized carbons (Fsp3) is 0.538. The molecule has 3 aliphatic rings. The lowest BCUT2D eigenvalue weighted by Gasteiger charge is -2.45. The number of nitrogens with one attached hydrogen (secondary N) is 1. The Morgan fingerprint density at radius 3 is 2.65 bits per heavy atom. The van der Waals surface area contributed by atoms with Gasteiger partial charge in [0.05, 0.1) is 16.0 Å². The van der Waals surface area contributed by atoms with Gasteiger partial charge in [-0.15, -0.1) is 0 Å². The Morgan fingerprint density at radius 1 is 1.40 bits per heavy atom. The van der Waals surface area contributed by atoms with Crippen LogP contribution in [0.5, 0.6) is 0 Å². The quantitative estimate of drug-likeness (QED) is 0.689. The van der Waals surface area contributed by atoms with E-state index in [-0.39, 0.29) is 16.8 Å². The molecule has 1 aromatic rings. The molecule has 1 atom stereocenters. The van der Waals surface area contributed by atoms with Gasteiger partial charge in [0, 0.05) is 12.6 Å². The number of nitro benzene ring substituents is 1. The first kappa shape index (κ1) is 13.6. The van der Waals surface area contributed by atoms with E-state index in [1.807, 2.05) is 0 Å². The highest BCUT2D eigenvalue weighted by atomic mass is 35.5. The average Bonchev–Trinajstić information content (AvgIpc) is 2.43. The van der Waals surface area contributed by atoms with Gasteiger partial charge in [0.15, 0.2) is 0 Å². The third-order valence-electron chi connectivity index (χ3n) is 4.23. The molecule has 3 aliphatic heterocycles. The second kappa shape index (κ2) is 5.18. The standard InChI is InChI=1S/C13H15ClFN3O2/c14-9-5-11(13(18(19)20)6-10(9)15)16-12-7-17-3-1-8(12)2-4-17/h5-6,8,12,16H,1-4,7H2. The molecule has 0 saturated carbocycles. The van der Waals surface area contributed by atoms with Crippen molar-refractivity contribution in [3.05, 3.63) is 33.1 Å². The van der Waals surface area contributed by atoms with E-state index in [1.54, 1.807) is 0 Å². The number of nitrogens with zero attached hydrogens (tertiary/aromatic N) is 2. The number of hydrogen-bond donors (Lipinski definition) is 1. The smallest absolute Gasteiger partial charge is 0.295 e. The van der Waals surface area contributed by atoms with E-state index >= 15 is 0 Å². The first-order valence-corrected chi connectivity index (χ1v) is 7.04. The van der Waals surface area contributed by atoms with Gasteiger partial charge >= 0.3 is 0 Å². The average molecular weight is 300 g/mol. The molecule has 2 bridgehead atoms. The Kier molecular flexibility index (Phi) is 3.52. The summed E-state index contributed by atoms with van der Waals surface area (Å²) >= 11 is 5.74. The maximum Gasteiger partial charge on any atom is 0.295 e. The zero-order valence-electron chi connectivity index (χ0n) is 10.8. The van der Waals surface area contributed by atoms with Crippen molar-refractivity contribution in [2.75, 3.05) is 25.0 Å². The normalized spacial score (nSPS) is 28.4. The van der Waals surface area contributed by atoms with E-state index in [4.69, 9.17) is 11.6 Å². The Bertz CT molecular complexity index is 547. The van der Waals surface area contributed by atoms with Crippen molar-refractivity contribution in [2.45, 2.75) is 18.9 Å². The predicted molar refractivity (Wildman–Crippen MR) is 74.6 cm³/mol. The largest absolute Gasteiger partial charge is 0.375 e. The molecule has 0 radical (unpaired) electrons. The van der Waals surface area contributed by atoms with E-state index in [0.717, 1.165) is 38.5 Å². The Labute approximate surface area is 120 Å². The fourth-order valence-electron chi connectivity index (χ4n) is 3.13. The molecular weight excluding hydrogens is 285 g/mol. The molecular formula is C13H15ClFN3O2. The molecule has 1 aromatic carbocycles. The maximum atomic E-state index is 13.4. The third-order valence-corrected chi connectivity index (χ3v) is 4.52. The van der Waals surface area contributed by atoms with Crippen LogP contribution in [0.4, 0.5) is 15.8 Å². The Morgan fingerprint density at radius 2 is 2.10 bits per heavy atom. The number of nitro groups is 1. The number of benzene rings is 1. The van der Waals surface area contributed by atoms with Crippen molar-refractivity contribution in [3.63, 3.8) is 0 Å². The summed E-state index contributed by atoms with van der Waals surface area (Å²) in [5.41, 5.74) is 0.0449. The SMILES string of the molecule is O=[N+]([O-])c1cc(F)c(Cl)cc1NC1CN2CCC1CC2. The summed E-state index contributed by atoms with van der Waals surface area (Å²) in [4.78, 5) is 12.8. The highest BCUT2D eigenvalue weighted by molar-refractivity contribution is 6.31. The molecule has 5 nitrogen and oxygen atoms in total. The third kappa shape index (κ3) is 2.45. The highest BCUT2D eigenvalue weighted by Gasteiger charge is 2.35. The first-order chi connectivity index (χ1) is 9.54. The summed E-state index contributed by atoms with van der Waals surface area (Å²) in [6, 6.07) is 2.36. The number of rotatable bonds is 3. The number of hydrogen-bond acceptors (Lipinski definition) is 4. The van der Waals surface area contributed by atoms with Crippen molar-refractivity contribution in [3.8, 4) is 0 Å². The summed E-state index contributed by atoms with van der Waals surface area (Å²) in [5, 5.41) is 14.1. The second-order valence-corrected chi connectivity index (χ2v) is 5.84. The van der Waals surface area contributed by atoms with Crippen LogP contribution >= 0.6 is 11.6 Å². The van der Waals surface area contributed by atoms with Crippen LogP contribution in [0.2, 0.25) is 5.02 Å². The zero-order chi connectivity index (χ0) is 14.3. The van der Waals surface area contributed by atoms with Gasteiger partial charge in [-0.1, -0.05) is 11.6 Å². The monoisotopic (exact) mass is 299 g/mol. The van der Waals surface area contributed by atoms with E-state index in [2.05, 4.69) is 10.2 Å². The Hall–Kier alpha value is -1.40. The molecule has 7 heteroatoms. The molecule has 3 saturated heterocycles. The van der Waals surface area contributed by atoms with Crippen LogP contribution in [0.3, 0.4) is 0 Å². The van der Waals surface area contributed by atoms with Crippen molar-refractivity contribution in [2.24, 2.45) is 5.92 Å². The van der Waals surface area contributed by atoms with Crippen LogP contribution in [0, 0.1) is 21.8 Å². The molecule has 3 fully saturated rings. The van der Waals surface area contributed by atoms with Crippen LogP contribution in [-0.4, -0.2) is 35.5 Å². The molecule has 20 heavy (non-hydrogen) atoms. The van der Waals surface area contributed by atoms with Crippen LogP contribution in [-0.2, 0) is 0 Å². The van der Waals surface area contributed by atoms with Crippen LogP contribution in [0.25, 0.3) is 0 Å². The van der Waals surface area contributed by atoms with E-state index in [9.17, 15) is 14.5 Å². The summed E-state index contributed by atoms with van der Waals surface area (Å²) in [5.74, 6) is -0.249. The molecule has 3 heterocycles. The van der Waals surface area contributed by atoms with Gasteiger partial charge in [-0.3, -0.25) is 10.1 Å². The summed E-state index contributed by atoms with van der Waals surface area (Å²) in [7, 11) is 0. The summed E-state index contributed by atoms with van der Waals surface area (Å²) in [6.07, 6.45) is 2.20. The van der Waals surface area contributed by atoms with Gasteiger partial charge < -0.3 is 10.2 Å². The highest BCUT2D eigenvalue weighted by Crippen LogP contribution is 2.34. The van der Waals surface area contributed by atoms with Gasteiger partial charge in [-0.25, -0.2) is 4.39 Å². The number of fused-ring (bicyclic) bond motifs is 3. The minimum absolute atomic E-state index is 0.0978. The Balaban J connectivity index is 1.86. The molecule has 0 amide bonds. The summed E-state index contributed by atoms with van der Waals surface area (Å²) < 4.78 is 13.4. The summed E-state index contributed by atoms with van der Waals surface area (Å²) in [6.45, 7) is 3.06. The van der Waals surface area contributed by atoms with Crippen LogP contribution in [0.15, 0.2) is 12.1 Å². The minimum Gasteiger partial charge on any atom is -0.375 e. The van der Waals surface area contributed by atoms with Gasteiger partial charge in [0.2, 0.25) is 0 Å². The van der Waals surface area contributed by atoms with E-state index in [0.29, 0.717) is 11.6 Å². The predicted octanol–water partition coefficient (Wildman–Crippen LogP) is 2.89. The molecule has 0 aromatic heterocycles. The second-order valence-electron chi connectivity index (χ2n) is 5.43. The zero-order valence-corrected chi connectivity index (χ0v) is 11.6. The fourth-order valence-corrected chi connectivity index (χ4v) is 3.30. The van der Waals surface area contributed by atoms with Crippen molar-refractivity contribution in [1.29, 1.82) is 0 Å². The lowest BCUT2D eigenvalue weighted by molar-refractivity contribution is -0.384. The molecule has 1 N–H and O–H groups in total. The van der Waals surface area contributed by atoms with Crippen molar-refractivity contribution in [1.82, 2.24) is 4.90 Å². The minimum atomic E-state index is -0.766. The van der Waals surface area contributed by atoms with Gasteiger partial charge in [-0.2, -0.15) is 0 Å². The van der Waals surface area contributed by atoms with E-state index < -0.39 is 10.7 Å². The van der Waals surface area contributed by atoms with Gasteiger partial charge in [0.25, 0.3) is 5.69 Å². The van der Waals surface area contributed by atoms with Crippen LogP contribution in [0.1, 0.15) is 12.8 Å². The first-order valence-electron chi connectivity index (χ1n) is 6.67. The lowest BCUT2D eigenvalue weighted by Crippen LogP contribution is -2.53. The van der Waals surface area contributed by atoms with Crippen LogP contribution < -0.4 is 5.32 Å². The topological polar surface area (TPSA) is 58.4 Å². The van der Waals surface area contributed by atoms with Crippen molar-refractivity contribution >= 4 is 23.0 Å². The molecule has 1 unspecified atom stereocenters. The molecule has 108 valence electrons. The number of piperidine rings is 3. The lowest BCUT2D eigenvalue weighted by atomic mass is 9.84. The maximum absolute atomic E-state index is 13.4. The van der Waals surface area contributed by atoms with Gasteiger partial charge in [0.1, 0.15) is 11.5 Å². The van der Waals surface area contributed by atoms with Crippen molar-refractivity contribution < 1.29 is 9.31 Å². The molecule has 0 spiro atoms. The molecule has 0 aliphatic carbocycles. The number of halogens is 2. The number of anilines is 1. The van der Waals surface area contributed by atoms with E-state index in [1.165, 1.54) is 6.07 Å².